The van der Waals surface area contributed by atoms with Gasteiger partial charge >= 0.3 is 5.97 Å². The SMILES string of the molecule is CCOC(=O)[C@@H]1[C@H]2CN(c3cc(CC)nc(N4CCOCC4)n3)C[C@@H]2C=C[C@@H]1C. The average molecular weight is 401 g/mol. The van der Waals surface area contributed by atoms with Gasteiger partial charge in [0.15, 0.2) is 0 Å². The number of carbonyl (C=O) groups excluding carboxylic acids is 1. The number of allylic oxidation sites excluding steroid dienone is 1. The average Bonchev–Trinajstić information content (AvgIpc) is 3.18. The highest BCUT2D eigenvalue weighted by atomic mass is 16.5. The van der Waals surface area contributed by atoms with Crippen LogP contribution in [0.4, 0.5) is 11.8 Å². The summed E-state index contributed by atoms with van der Waals surface area (Å²) in [6.07, 6.45) is 5.34. The van der Waals surface area contributed by atoms with Gasteiger partial charge in [-0.15, -0.1) is 0 Å². The second kappa shape index (κ2) is 8.69. The van der Waals surface area contributed by atoms with E-state index in [1.165, 1.54) is 0 Å². The molecule has 1 aromatic rings. The third kappa shape index (κ3) is 4.10. The standard InChI is InChI=1S/C22H32N4O3/c1-4-17-12-19(24-22(23-17)25-8-10-28-11-9-25)26-13-16-7-6-15(3)20(18(16)14-26)21(27)29-5-2/h6-7,12,15-16,18,20H,4-5,8-11,13-14H2,1-3H3/t15-,16-,18-,20-/m0/s1. The molecule has 2 aliphatic heterocycles. The van der Waals surface area contributed by atoms with Crippen molar-refractivity contribution in [3.8, 4) is 0 Å². The van der Waals surface area contributed by atoms with Crippen LogP contribution in [0.1, 0.15) is 26.5 Å². The van der Waals surface area contributed by atoms with Crippen LogP contribution in [0, 0.1) is 23.7 Å². The predicted molar refractivity (Wildman–Crippen MR) is 112 cm³/mol. The number of aromatic nitrogens is 2. The molecule has 2 fully saturated rings. The van der Waals surface area contributed by atoms with Gasteiger partial charge in [0.1, 0.15) is 5.82 Å². The molecule has 0 N–H and O–H groups in total. The molecule has 0 spiro atoms. The summed E-state index contributed by atoms with van der Waals surface area (Å²) >= 11 is 0. The van der Waals surface area contributed by atoms with Crippen molar-refractivity contribution in [3.05, 3.63) is 23.9 Å². The van der Waals surface area contributed by atoms with Gasteiger partial charge in [0.2, 0.25) is 5.95 Å². The van der Waals surface area contributed by atoms with Crippen LogP contribution in [0.3, 0.4) is 0 Å². The van der Waals surface area contributed by atoms with E-state index in [9.17, 15) is 4.79 Å². The molecule has 0 amide bonds. The lowest BCUT2D eigenvalue weighted by Crippen LogP contribution is -2.38. The van der Waals surface area contributed by atoms with E-state index in [2.05, 4.69) is 41.9 Å². The Morgan fingerprint density at radius 1 is 1.17 bits per heavy atom. The topological polar surface area (TPSA) is 67.8 Å². The second-order valence-electron chi connectivity index (χ2n) is 8.22. The summed E-state index contributed by atoms with van der Waals surface area (Å²) in [6.45, 7) is 11.3. The number of ether oxygens (including phenoxy) is 2. The molecule has 7 heteroatoms. The zero-order chi connectivity index (χ0) is 20.4. The molecule has 0 aromatic carbocycles. The van der Waals surface area contributed by atoms with Crippen molar-refractivity contribution in [3.63, 3.8) is 0 Å². The molecule has 3 heterocycles. The lowest BCUT2D eigenvalue weighted by Gasteiger charge is -2.32. The van der Waals surface area contributed by atoms with E-state index < -0.39 is 0 Å². The number of aryl methyl sites for hydroxylation is 1. The third-order valence-electron chi connectivity index (χ3n) is 6.39. The van der Waals surface area contributed by atoms with E-state index in [1.54, 1.807) is 0 Å². The Balaban J connectivity index is 1.58. The van der Waals surface area contributed by atoms with E-state index in [4.69, 9.17) is 19.4 Å². The van der Waals surface area contributed by atoms with Crippen LogP contribution in [-0.2, 0) is 20.7 Å². The number of fused-ring (bicyclic) bond motifs is 1. The Morgan fingerprint density at radius 2 is 1.97 bits per heavy atom. The molecule has 0 bridgehead atoms. The Bertz CT molecular complexity index is 762. The lowest BCUT2D eigenvalue weighted by atomic mass is 9.72. The largest absolute Gasteiger partial charge is 0.466 e. The zero-order valence-corrected chi connectivity index (χ0v) is 17.7. The fourth-order valence-electron chi connectivity index (χ4n) is 4.80. The number of morpholine rings is 1. The van der Waals surface area contributed by atoms with Crippen molar-refractivity contribution in [2.24, 2.45) is 23.7 Å². The maximum absolute atomic E-state index is 12.6. The maximum atomic E-state index is 12.6. The van der Waals surface area contributed by atoms with Crippen LogP contribution in [0.5, 0.6) is 0 Å². The first-order valence-electron chi connectivity index (χ1n) is 10.9. The smallest absolute Gasteiger partial charge is 0.309 e. The number of hydrogen-bond acceptors (Lipinski definition) is 7. The van der Waals surface area contributed by atoms with E-state index >= 15 is 0 Å². The summed E-state index contributed by atoms with van der Waals surface area (Å²) in [4.78, 5) is 26.8. The number of carbonyl (C=O) groups is 1. The molecule has 158 valence electrons. The highest BCUT2D eigenvalue weighted by molar-refractivity contribution is 5.74. The zero-order valence-electron chi connectivity index (χ0n) is 17.7. The summed E-state index contributed by atoms with van der Waals surface area (Å²) in [5.41, 5.74) is 1.05. The minimum Gasteiger partial charge on any atom is -0.466 e. The van der Waals surface area contributed by atoms with Crippen LogP contribution < -0.4 is 9.80 Å². The fraction of sp³-hybridized carbons (Fsp3) is 0.682. The van der Waals surface area contributed by atoms with Gasteiger partial charge in [-0.2, -0.15) is 4.98 Å². The molecule has 1 aromatic heterocycles. The summed E-state index contributed by atoms with van der Waals surface area (Å²) in [6, 6.07) is 2.10. The van der Waals surface area contributed by atoms with Gasteiger partial charge < -0.3 is 19.3 Å². The summed E-state index contributed by atoms with van der Waals surface area (Å²) in [5, 5.41) is 0. The summed E-state index contributed by atoms with van der Waals surface area (Å²) in [7, 11) is 0. The summed E-state index contributed by atoms with van der Waals surface area (Å²) in [5.74, 6) is 2.44. The molecule has 3 aliphatic rings. The molecular formula is C22H32N4O3. The molecule has 4 rings (SSSR count). The van der Waals surface area contributed by atoms with Crippen molar-refractivity contribution in [2.75, 3.05) is 55.8 Å². The molecule has 0 saturated carbocycles. The second-order valence-corrected chi connectivity index (χ2v) is 8.22. The summed E-state index contributed by atoms with van der Waals surface area (Å²) < 4.78 is 10.9. The maximum Gasteiger partial charge on any atom is 0.309 e. The van der Waals surface area contributed by atoms with E-state index in [0.717, 1.165) is 50.1 Å². The van der Waals surface area contributed by atoms with Crippen molar-refractivity contribution >= 4 is 17.7 Å². The number of nitrogens with zero attached hydrogens (tertiary/aromatic N) is 4. The lowest BCUT2D eigenvalue weighted by molar-refractivity contribution is -0.151. The van der Waals surface area contributed by atoms with Crippen molar-refractivity contribution < 1.29 is 14.3 Å². The van der Waals surface area contributed by atoms with E-state index in [1.807, 2.05) is 6.92 Å². The molecule has 2 saturated heterocycles. The Morgan fingerprint density at radius 3 is 2.69 bits per heavy atom. The van der Waals surface area contributed by atoms with Gasteiger partial charge in [-0.25, -0.2) is 4.98 Å². The van der Waals surface area contributed by atoms with Crippen LogP contribution in [0.25, 0.3) is 0 Å². The highest BCUT2D eigenvalue weighted by Crippen LogP contribution is 2.41. The fourth-order valence-corrected chi connectivity index (χ4v) is 4.80. The van der Waals surface area contributed by atoms with Crippen LogP contribution >= 0.6 is 0 Å². The molecule has 7 nitrogen and oxygen atoms in total. The first-order valence-corrected chi connectivity index (χ1v) is 10.9. The quantitative estimate of drug-likeness (QED) is 0.555. The van der Waals surface area contributed by atoms with Crippen LogP contribution in [0.2, 0.25) is 0 Å². The van der Waals surface area contributed by atoms with Gasteiger partial charge in [-0.05, 0) is 31.1 Å². The first kappa shape index (κ1) is 20.1. The highest BCUT2D eigenvalue weighted by Gasteiger charge is 2.45. The number of anilines is 2. The Kier molecular flexibility index (Phi) is 6.04. The first-order chi connectivity index (χ1) is 14.1. The Labute approximate surface area is 173 Å². The van der Waals surface area contributed by atoms with Crippen molar-refractivity contribution in [1.29, 1.82) is 0 Å². The minimum absolute atomic E-state index is 0.0628. The van der Waals surface area contributed by atoms with E-state index in [0.29, 0.717) is 25.7 Å². The van der Waals surface area contributed by atoms with Crippen molar-refractivity contribution in [2.45, 2.75) is 27.2 Å². The molecule has 4 atom stereocenters. The van der Waals surface area contributed by atoms with Gasteiger partial charge in [-0.1, -0.05) is 26.0 Å². The molecule has 29 heavy (non-hydrogen) atoms. The van der Waals surface area contributed by atoms with Gasteiger partial charge in [0.25, 0.3) is 0 Å². The van der Waals surface area contributed by atoms with Crippen molar-refractivity contribution in [1.82, 2.24) is 9.97 Å². The number of esters is 1. The van der Waals surface area contributed by atoms with Gasteiger partial charge in [0, 0.05) is 37.9 Å². The Hall–Kier alpha value is -2.15. The normalized spacial score (nSPS) is 29.1. The minimum atomic E-state index is -0.0823. The molecule has 1 aliphatic carbocycles. The van der Waals surface area contributed by atoms with Gasteiger partial charge in [0.05, 0.1) is 25.7 Å². The number of rotatable bonds is 5. The third-order valence-corrected chi connectivity index (χ3v) is 6.39. The predicted octanol–water partition coefficient (Wildman–Crippen LogP) is 2.31. The number of hydrogen-bond donors (Lipinski definition) is 0. The molecular weight excluding hydrogens is 368 g/mol. The molecule has 0 unspecified atom stereocenters. The van der Waals surface area contributed by atoms with Crippen LogP contribution in [0.15, 0.2) is 18.2 Å². The monoisotopic (exact) mass is 400 g/mol. The van der Waals surface area contributed by atoms with Gasteiger partial charge in [-0.3, -0.25) is 4.79 Å². The molecule has 0 radical (unpaired) electrons. The van der Waals surface area contributed by atoms with E-state index in [-0.39, 0.29) is 23.7 Å². The van der Waals surface area contributed by atoms with Crippen LogP contribution in [-0.4, -0.2) is 61.9 Å².